The van der Waals surface area contributed by atoms with Gasteiger partial charge in [-0.25, -0.2) is 0 Å². The van der Waals surface area contributed by atoms with E-state index in [0.29, 0.717) is 6.04 Å². The zero-order valence-corrected chi connectivity index (χ0v) is 12.6. The van der Waals surface area contributed by atoms with Gasteiger partial charge >= 0.3 is 0 Å². The summed E-state index contributed by atoms with van der Waals surface area (Å²) in [5.41, 5.74) is 1.39. The third kappa shape index (κ3) is 4.53. The number of rotatable bonds is 7. The number of hydrogen-bond donors (Lipinski definition) is 1. The molecule has 0 aromatic heterocycles. The maximum Gasteiger partial charge on any atom is 0.156 e. The van der Waals surface area contributed by atoms with E-state index in [9.17, 15) is 0 Å². The molecule has 108 valence electrons. The van der Waals surface area contributed by atoms with Gasteiger partial charge < -0.3 is 10.1 Å². The van der Waals surface area contributed by atoms with Crippen molar-refractivity contribution in [3.8, 4) is 0 Å². The zero-order chi connectivity index (χ0) is 13.6. The number of ether oxygens (including phenoxy) is 1. The van der Waals surface area contributed by atoms with Gasteiger partial charge in [-0.3, -0.25) is 4.99 Å². The highest BCUT2D eigenvalue weighted by molar-refractivity contribution is 8.14. The van der Waals surface area contributed by atoms with Crippen LogP contribution < -0.4 is 5.32 Å². The van der Waals surface area contributed by atoms with E-state index >= 15 is 0 Å². The average molecular weight is 290 g/mol. The van der Waals surface area contributed by atoms with Gasteiger partial charge in [0.05, 0.1) is 13.2 Å². The number of nitrogens with zero attached hydrogens (tertiary/aromatic N) is 1. The maximum absolute atomic E-state index is 5.60. The Hall–Kier alpha value is -1.00. The van der Waals surface area contributed by atoms with E-state index < -0.39 is 0 Å². The molecule has 1 aliphatic heterocycles. The van der Waals surface area contributed by atoms with Crippen LogP contribution >= 0.6 is 11.8 Å². The predicted octanol–water partition coefficient (Wildman–Crippen LogP) is 2.72. The molecular weight excluding hydrogens is 268 g/mol. The lowest BCUT2D eigenvalue weighted by Gasteiger charge is -2.09. The Balaban J connectivity index is 1.35. The second kappa shape index (κ2) is 7.14. The highest BCUT2D eigenvalue weighted by Crippen LogP contribution is 2.28. The van der Waals surface area contributed by atoms with Crippen LogP contribution in [0.1, 0.15) is 18.4 Å². The Morgan fingerprint density at radius 1 is 1.25 bits per heavy atom. The molecule has 1 atom stereocenters. The fourth-order valence-corrected chi connectivity index (χ4v) is 3.28. The Morgan fingerprint density at radius 2 is 2.10 bits per heavy atom. The number of nitrogens with one attached hydrogen (secondary N) is 1. The van der Waals surface area contributed by atoms with Gasteiger partial charge in [-0.15, -0.1) is 0 Å². The lowest BCUT2D eigenvalue weighted by Crippen LogP contribution is -2.29. The first-order chi connectivity index (χ1) is 9.90. The largest absolute Gasteiger partial charge is 0.379 e. The monoisotopic (exact) mass is 290 g/mol. The molecule has 1 saturated carbocycles. The second-order valence-electron chi connectivity index (χ2n) is 5.55. The van der Waals surface area contributed by atoms with Crippen molar-refractivity contribution >= 4 is 16.9 Å². The van der Waals surface area contributed by atoms with Crippen LogP contribution in [-0.2, 0) is 11.2 Å². The van der Waals surface area contributed by atoms with E-state index in [-0.39, 0.29) is 0 Å². The maximum atomic E-state index is 5.60. The van der Waals surface area contributed by atoms with Gasteiger partial charge in [-0.2, -0.15) is 0 Å². The van der Waals surface area contributed by atoms with Crippen LogP contribution in [-0.4, -0.2) is 36.7 Å². The highest BCUT2D eigenvalue weighted by atomic mass is 32.2. The first-order valence-corrected chi connectivity index (χ1v) is 8.44. The van der Waals surface area contributed by atoms with E-state index in [1.807, 2.05) is 11.8 Å². The zero-order valence-electron chi connectivity index (χ0n) is 11.8. The van der Waals surface area contributed by atoms with Crippen LogP contribution in [0, 0.1) is 5.92 Å². The Kier molecular flexibility index (Phi) is 4.98. The van der Waals surface area contributed by atoms with E-state index in [2.05, 4.69) is 40.6 Å². The summed E-state index contributed by atoms with van der Waals surface area (Å²) in [5, 5.41) is 4.59. The van der Waals surface area contributed by atoms with Gasteiger partial charge in [-0.1, -0.05) is 42.1 Å². The minimum Gasteiger partial charge on any atom is -0.379 e. The summed E-state index contributed by atoms with van der Waals surface area (Å²) >= 11 is 1.83. The predicted molar refractivity (Wildman–Crippen MR) is 85.4 cm³/mol. The van der Waals surface area contributed by atoms with Gasteiger partial charge in [0.1, 0.15) is 0 Å². The van der Waals surface area contributed by atoms with Crippen molar-refractivity contribution < 1.29 is 4.74 Å². The summed E-state index contributed by atoms with van der Waals surface area (Å²) in [6.07, 6.45) is 3.78. The minimum atomic E-state index is 0.508. The average Bonchev–Trinajstić information content (AvgIpc) is 3.19. The van der Waals surface area contributed by atoms with Crippen molar-refractivity contribution in [3.05, 3.63) is 35.9 Å². The van der Waals surface area contributed by atoms with Crippen molar-refractivity contribution in [1.29, 1.82) is 0 Å². The van der Waals surface area contributed by atoms with E-state index in [0.717, 1.165) is 43.0 Å². The van der Waals surface area contributed by atoms with Gasteiger partial charge in [0.2, 0.25) is 0 Å². The summed E-state index contributed by atoms with van der Waals surface area (Å²) in [4.78, 5) is 4.58. The smallest absolute Gasteiger partial charge is 0.156 e. The second-order valence-corrected chi connectivity index (χ2v) is 6.56. The van der Waals surface area contributed by atoms with Gasteiger partial charge in [0, 0.05) is 18.4 Å². The molecule has 1 aromatic carbocycles. The molecule has 3 rings (SSSR count). The molecule has 1 N–H and O–H groups in total. The van der Waals surface area contributed by atoms with Crippen LogP contribution in [0.25, 0.3) is 0 Å². The number of benzene rings is 1. The lowest BCUT2D eigenvalue weighted by atomic mass is 10.1. The summed E-state index contributed by atoms with van der Waals surface area (Å²) in [5.74, 6) is 1.95. The summed E-state index contributed by atoms with van der Waals surface area (Å²) in [7, 11) is 0. The molecule has 20 heavy (non-hydrogen) atoms. The fraction of sp³-hybridized carbons (Fsp3) is 0.562. The van der Waals surface area contributed by atoms with E-state index in [4.69, 9.17) is 4.74 Å². The van der Waals surface area contributed by atoms with E-state index in [1.54, 1.807) is 0 Å². The molecule has 0 spiro atoms. The molecule has 2 aliphatic rings. The Bertz CT molecular complexity index is 445. The van der Waals surface area contributed by atoms with Crippen molar-refractivity contribution in [2.24, 2.45) is 10.9 Å². The van der Waals surface area contributed by atoms with Crippen molar-refractivity contribution in [2.45, 2.75) is 25.3 Å². The number of amidine groups is 1. The first kappa shape index (κ1) is 14.0. The lowest BCUT2D eigenvalue weighted by molar-refractivity contribution is 0.132. The molecule has 1 aromatic rings. The SMILES string of the molecule is c1ccc(CC2CSC(=NCCOCC3CC3)N2)cc1. The molecule has 3 nitrogen and oxygen atoms in total. The number of hydrogen-bond acceptors (Lipinski definition) is 3. The van der Waals surface area contributed by atoms with Gasteiger partial charge in [0.15, 0.2) is 5.17 Å². The number of aliphatic imine (C=N–C) groups is 1. The van der Waals surface area contributed by atoms with Gasteiger partial charge in [0.25, 0.3) is 0 Å². The van der Waals surface area contributed by atoms with Crippen LogP contribution in [0.5, 0.6) is 0 Å². The highest BCUT2D eigenvalue weighted by Gasteiger charge is 2.21. The molecule has 1 aliphatic carbocycles. The molecule has 0 bridgehead atoms. The molecule has 4 heteroatoms. The summed E-state index contributed by atoms with van der Waals surface area (Å²) in [6, 6.07) is 11.1. The molecule has 0 radical (unpaired) electrons. The standard InChI is InChI=1S/C16H22N2OS/c1-2-4-13(5-3-1)10-15-12-20-16(18-15)17-8-9-19-11-14-6-7-14/h1-5,14-15H,6-12H2,(H,17,18). The van der Waals surface area contributed by atoms with E-state index in [1.165, 1.54) is 18.4 Å². The summed E-state index contributed by atoms with van der Waals surface area (Å²) in [6.45, 7) is 2.47. The van der Waals surface area contributed by atoms with Crippen LogP contribution in [0.15, 0.2) is 35.3 Å². The fourth-order valence-electron chi connectivity index (χ4n) is 2.28. The third-order valence-corrected chi connectivity index (χ3v) is 4.70. The number of thioether (sulfide) groups is 1. The third-order valence-electron chi connectivity index (χ3n) is 3.62. The molecule has 2 fully saturated rings. The quantitative estimate of drug-likeness (QED) is 0.784. The van der Waals surface area contributed by atoms with Crippen LogP contribution in [0.2, 0.25) is 0 Å². The minimum absolute atomic E-state index is 0.508. The van der Waals surface area contributed by atoms with Crippen molar-refractivity contribution in [3.63, 3.8) is 0 Å². The normalized spacial score (nSPS) is 24.0. The first-order valence-electron chi connectivity index (χ1n) is 7.45. The van der Waals surface area contributed by atoms with Crippen LogP contribution in [0.4, 0.5) is 0 Å². The van der Waals surface area contributed by atoms with Crippen molar-refractivity contribution in [2.75, 3.05) is 25.5 Å². The topological polar surface area (TPSA) is 33.6 Å². The molecular formula is C16H22N2OS. The molecule has 0 amide bonds. The van der Waals surface area contributed by atoms with Gasteiger partial charge in [-0.05, 0) is 30.7 Å². The molecule has 1 heterocycles. The molecule has 1 saturated heterocycles. The Labute approximate surface area is 125 Å². The Morgan fingerprint density at radius 3 is 2.90 bits per heavy atom. The molecule has 1 unspecified atom stereocenters. The van der Waals surface area contributed by atoms with Crippen LogP contribution in [0.3, 0.4) is 0 Å². The van der Waals surface area contributed by atoms with Crippen molar-refractivity contribution in [1.82, 2.24) is 5.32 Å². The summed E-state index contributed by atoms with van der Waals surface area (Å²) < 4.78 is 5.60.